The summed E-state index contributed by atoms with van der Waals surface area (Å²) >= 11 is 0. The van der Waals surface area contributed by atoms with Crippen molar-refractivity contribution in [2.24, 2.45) is 16.7 Å². The van der Waals surface area contributed by atoms with Crippen LogP contribution in [0, 0.1) is 16.7 Å². The maximum absolute atomic E-state index is 13.5. The zero-order chi connectivity index (χ0) is 41.4. The highest BCUT2D eigenvalue weighted by molar-refractivity contribution is 6.99. The molecule has 0 aliphatic heterocycles. The van der Waals surface area contributed by atoms with Gasteiger partial charge >= 0.3 is 0 Å². The van der Waals surface area contributed by atoms with Gasteiger partial charge in [0.1, 0.15) is 5.78 Å². The van der Waals surface area contributed by atoms with Crippen LogP contribution >= 0.6 is 0 Å². The Hall–Kier alpha value is -2.58. The average Bonchev–Trinajstić information content (AvgIpc) is 3.77. The third-order valence-electron chi connectivity index (χ3n) is 14.1. The Bertz CT molecular complexity index is 1680. The number of ketones is 1. The molecule has 56 heavy (non-hydrogen) atoms. The van der Waals surface area contributed by atoms with Crippen LogP contribution in [0.25, 0.3) is 0 Å². The van der Waals surface area contributed by atoms with Crippen molar-refractivity contribution in [3.63, 3.8) is 0 Å². The largest absolute Gasteiger partial charge is 0.413 e. The maximum atomic E-state index is 13.5. The van der Waals surface area contributed by atoms with Crippen LogP contribution in [0.4, 0.5) is 0 Å². The molecule has 2 aliphatic rings. The van der Waals surface area contributed by atoms with Crippen LogP contribution in [0.1, 0.15) is 140 Å². The van der Waals surface area contributed by atoms with Crippen molar-refractivity contribution >= 4 is 32.8 Å². The van der Waals surface area contributed by atoms with Crippen molar-refractivity contribution in [3.8, 4) is 0 Å². The van der Waals surface area contributed by atoms with Crippen molar-refractivity contribution in [1.29, 1.82) is 0 Å². The highest BCUT2D eigenvalue weighted by Gasteiger charge is 2.71. The van der Waals surface area contributed by atoms with Gasteiger partial charge in [-0.25, -0.2) is 0 Å². The van der Waals surface area contributed by atoms with Crippen molar-refractivity contribution in [2.75, 3.05) is 13.2 Å². The molecule has 2 fully saturated rings. The molecule has 0 unspecified atom stereocenters. The fourth-order valence-corrected chi connectivity index (χ4v) is 14.6. The summed E-state index contributed by atoms with van der Waals surface area (Å²) in [5.74, 6) is 1.10. The lowest BCUT2D eigenvalue weighted by Gasteiger charge is -2.43. The molecule has 3 nitrogen and oxygen atoms in total. The number of allylic oxidation sites excluding steroid dienone is 6. The third-order valence-corrected chi connectivity index (χ3v) is 23.5. The topological polar surface area (TPSA) is 35.5 Å². The first-order chi connectivity index (χ1) is 26.2. The number of hydrogen-bond acceptors (Lipinski definition) is 3. The molecular formula is C51H78O3Si2. The molecule has 4 rings (SSSR count). The van der Waals surface area contributed by atoms with E-state index >= 15 is 0 Å². The van der Waals surface area contributed by atoms with Crippen molar-refractivity contribution in [1.82, 2.24) is 0 Å². The molecule has 0 spiro atoms. The van der Waals surface area contributed by atoms with Gasteiger partial charge in [0, 0.05) is 11.8 Å². The fourth-order valence-electron chi connectivity index (χ4n) is 9.10. The Balaban J connectivity index is 1.41. The first kappa shape index (κ1) is 46.1. The van der Waals surface area contributed by atoms with E-state index in [2.05, 4.69) is 174 Å². The van der Waals surface area contributed by atoms with Gasteiger partial charge in [-0.3, -0.25) is 4.79 Å². The second-order valence-electron chi connectivity index (χ2n) is 20.4. The van der Waals surface area contributed by atoms with Crippen LogP contribution < -0.4 is 10.4 Å². The molecule has 2 saturated carbocycles. The van der Waals surface area contributed by atoms with E-state index in [0.717, 1.165) is 64.2 Å². The number of Topliss-reactive ketones (excluding diaryl/α,β-unsaturated/α-hetero) is 1. The Morgan fingerprint density at radius 1 is 0.750 bits per heavy atom. The monoisotopic (exact) mass is 795 g/mol. The van der Waals surface area contributed by atoms with E-state index in [4.69, 9.17) is 8.85 Å². The number of carbonyl (C=O) groups excluding carboxylic acids is 1. The Kier molecular flexibility index (Phi) is 15.6. The molecule has 308 valence electrons. The second kappa shape index (κ2) is 19.0. The number of rotatable bonds is 19. The van der Waals surface area contributed by atoms with Crippen LogP contribution in [0.3, 0.4) is 0 Å². The van der Waals surface area contributed by atoms with Gasteiger partial charge in [0.15, 0.2) is 8.32 Å². The minimum absolute atomic E-state index is 0.0469. The summed E-state index contributed by atoms with van der Waals surface area (Å²) in [4.78, 5) is 13.5. The zero-order valence-electron chi connectivity index (χ0n) is 37.9. The third kappa shape index (κ3) is 10.9. The van der Waals surface area contributed by atoms with Gasteiger partial charge in [0.25, 0.3) is 8.32 Å². The molecule has 0 N–H and O–H groups in total. The van der Waals surface area contributed by atoms with E-state index in [-0.39, 0.29) is 20.9 Å². The molecule has 3 atom stereocenters. The zero-order valence-corrected chi connectivity index (χ0v) is 39.9. The molecule has 0 heterocycles. The van der Waals surface area contributed by atoms with Crippen molar-refractivity contribution < 1.29 is 13.6 Å². The predicted molar refractivity (Wildman–Crippen MR) is 247 cm³/mol. The van der Waals surface area contributed by atoms with E-state index < -0.39 is 16.6 Å². The van der Waals surface area contributed by atoms with E-state index in [1.165, 1.54) is 32.7 Å². The van der Waals surface area contributed by atoms with Gasteiger partial charge in [-0.05, 0) is 136 Å². The molecule has 0 aromatic heterocycles. The quantitative estimate of drug-likeness (QED) is 0.105. The van der Waals surface area contributed by atoms with Crippen LogP contribution in [-0.2, 0) is 13.6 Å². The smallest absolute Gasteiger partial charge is 0.261 e. The molecule has 2 aliphatic carbocycles. The lowest BCUT2D eigenvalue weighted by molar-refractivity contribution is -0.129. The number of fused-ring (bicyclic) bond motifs is 1. The maximum Gasteiger partial charge on any atom is 0.261 e. The second-order valence-corrected chi connectivity index (χ2v) is 29.5. The number of hydrogen-bond donors (Lipinski definition) is 0. The van der Waals surface area contributed by atoms with Gasteiger partial charge < -0.3 is 8.85 Å². The minimum atomic E-state index is -2.62. The first-order valence-electron chi connectivity index (χ1n) is 21.7. The Morgan fingerprint density at radius 3 is 1.88 bits per heavy atom. The number of benzene rings is 2. The van der Waals surface area contributed by atoms with Crippen LogP contribution in [0.15, 0.2) is 107 Å². The molecule has 5 heteroatoms. The first-order valence-corrected chi connectivity index (χ1v) is 26.5. The number of carbonyl (C=O) groups is 1. The molecule has 0 radical (unpaired) electrons. The summed E-state index contributed by atoms with van der Waals surface area (Å²) in [5.41, 5.74) is 5.61. The van der Waals surface area contributed by atoms with Gasteiger partial charge in [-0.15, -0.1) is 0 Å². The van der Waals surface area contributed by atoms with E-state index in [1.54, 1.807) is 0 Å². The van der Waals surface area contributed by atoms with Gasteiger partial charge in [0.05, 0.1) is 13.2 Å². The molecule has 0 bridgehead atoms. The van der Waals surface area contributed by atoms with E-state index in [9.17, 15) is 4.79 Å². The van der Waals surface area contributed by atoms with Crippen LogP contribution in [0.2, 0.25) is 23.2 Å². The van der Waals surface area contributed by atoms with Crippen molar-refractivity contribution in [3.05, 3.63) is 107 Å². The summed E-state index contributed by atoms with van der Waals surface area (Å²) in [6.07, 6.45) is 19.6. The summed E-state index contributed by atoms with van der Waals surface area (Å²) < 4.78 is 13.8. The summed E-state index contributed by atoms with van der Waals surface area (Å²) in [6.45, 7) is 31.3. The van der Waals surface area contributed by atoms with E-state index in [0.29, 0.717) is 24.9 Å². The minimum Gasteiger partial charge on any atom is -0.413 e. The summed E-state index contributed by atoms with van der Waals surface area (Å²) in [5, 5.41) is 2.83. The SMILES string of the molecule is CC(C)=CCC/C(=C/CC/C(C)=C/C[C@H]1CCC(=O)[C@]2(CC/C(C)=C/CO[Si](C)(C)C(C)(C)C)C[C@]12C)CO[Si](c1ccccc1)(c1ccccc1)C(C)(C)C. The molecular weight excluding hydrogens is 717 g/mol. The molecule has 2 aromatic carbocycles. The summed E-state index contributed by atoms with van der Waals surface area (Å²) in [7, 11) is -4.38. The van der Waals surface area contributed by atoms with Gasteiger partial charge in [-0.2, -0.15) is 0 Å². The molecule has 0 saturated heterocycles. The molecule has 0 amide bonds. The molecule has 2 aromatic rings. The van der Waals surface area contributed by atoms with Gasteiger partial charge in [0.2, 0.25) is 0 Å². The highest BCUT2D eigenvalue weighted by atomic mass is 28.4. The van der Waals surface area contributed by atoms with Crippen LogP contribution in [0.5, 0.6) is 0 Å². The average molecular weight is 795 g/mol. The normalized spacial score (nSPS) is 22.6. The highest BCUT2D eigenvalue weighted by Crippen LogP contribution is 2.74. The standard InChI is InChI=1S/C51H78O3Si2/c1-40(2)22-20-24-43(38-54-56(49(8,9)10,45-26-16-14-17-27-45)46-28-18-15-19-29-46)25-21-23-41(3)30-31-44-32-33-47(52)51(39-50(44,51)11)36-34-42(4)35-37-53-55(12,13)48(5,6)7/h14-19,22,25-30,35,44H,20-21,23-24,31-34,36-39H2,1-13H3/b41-30+,42-35+,43-25-/t44-,50+,51-/m0/s1. The lowest BCUT2D eigenvalue weighted by Crippen LogP contribution is -2.66. The van der Waals surface area contributed by atoms with Crippen LogP contribution in [-0.4, -0.2) is 35.6 Å². The summed E-state index contributed by atoms with van der Waals surface area (Å²) in [6, 6.07) is 22.0. The Labute approximate surface area is 345 Å². The fraction of sp³-hybridized carbons (Fsp3) is 0.588. The van der Waals surface area contributed by atoms with Crippen molar-refractivity contribution in [2.45, 2.75) is 164 Å². The van der Waals surface area contributed by atoms with E-state index in [1.807, 2.05) is 0 Å². The van der Waals surface area contributed by atoms with Gasteiger partial charge in [-0.1, -0.05) is 150 Å². The lowest BCUT2D eigenvalue weighted by atomic mass is 9.69. The predicted octanol–water partition coefficient (Wildman–Crippen LogP) is 13.5. The Morgan fingerprint density at radius 2 is 1.32 bits per heavy atom.